The number of halogens is 1. The van der Waals surface area contributed by atoms with E-state index in [1.807, 2.05) is 0 Å². The fraction of sp³-hybridized carbons (Fsp3) is 0.278. The summed E-state index contributed by atoms with van der Waals surface area (Å²) in [5, 5.41) is 30.5. The molecule has 1 fully saturated rings. The molecule has 0 saturated carbocycles. The van der Waals surface area contributed by atoms with Crippen LogP contribution in [0.3, 0.4) is 0 Å². The normalized spacial score (nSPS) is 24.3. The number of aliphatic hydroxyl groups excluding tert-OH is 3. The van der Waals surface area contributed by atoms with Crippen molar-refractivity contribution in [3.8, 4) is 11.3 Å². The van der Waals surface area contributed by atoms with Crippen molar-refractivity contribution in [3.63, 3.8) is 0 Å². The smallest absolute Gasteiger partial charge is 0.251 e. The van der Waals surface area contributed by atoms with Gasteiger partial charge in [0.15, 0.2) is 6.23 Å². The van der Waals surface area contributed by atoms with Crippen LogP contribution < -0.4 is 11.5 Å². The second kappa shape index (κ2) is 7.35. The lowest BCUT2D eigenvalue weighted by Crippen LogP contribution is -2.33. The van der Waals surface area contributed by atoms with Gasteiger partial charge in [-0.3, -0.25) is 9.36 Å². The Labute approximate surface area is 172 Å². The van der Waals surface area contributed by atoms with E-state index < -0.39 is 37.1 Å². The van der Waals surface area contributed by atoms with Gasteiger partial charge in [-0.1, -0.05) is 28.1 Å². The van der Waals surface area contributed by atoms with E-state index in [1.165, 1.54) is 10.9 Å². The molecule has 1 aromatic carbocycles. The van der Waals surface area contributed by atoms with Gasteiger partial charge >= 0.3 is 0 Å². The molecule has 3 heterocycles. The summed E-state index contributed by atoms with van der Waals surface area (Å²) in [5.74, 6) is -0.729. The summed E-state index contributed by atoms with van der Waals surface area (Å²) >= 11 is 3.36. The van der Waals surface area contributed by atoms with Gasteiger partial charge in [-0.2, -0.15) is 0 Å². The van der Waals surface area contributed by atoms with E-state index in [0.29, 0.717) is 11.3 Å². The molecule has 11 heteroatoms. The predicted molar refractivity (Wildman–Crippen MR) is 107 cm³/mol. The van der Waals surface area contributed by atoms with Crippen LogP contribution >= 0.6 is 15.9 Å². The predicted octanol–water partition coefficient (Wildman–Crippen LogP) is 0.153. The van der Waals surface area contributed by atoms with Gasteiger partial charge in [0, 0.05) is 4.47 Å². The van der Waals surface area contributed by atoms with Crippen molar-refractivity contribution in [1.29, 1.82) is 0 Å². The number of nitrogens with two attached hydrogens (primary N) is 2. The molecule has 0 aliphatic carbocycles. The molecule has 3 aromatic rings. The molecule has 152 valence electrons. The summed E-state index contributed by atoms with van der Waals surface area (Å²) in [7, 11) is 0. The molecule has 0 radical (unpaired) electrons. The van der Waals surface area contributed by atoms with E-state index in [9.17, 15) is 20.1 Å². The molecule has 4 atom stereocenters. The zero-order valence-corrected chi connectivity index (χ0v) is 16.5. The zero-order chi connectivity index (χ0) is 20.9. The van der Waals surface area contributed by atoms with Crippen LogP contribution in [-0.2, 0) is 4.74 Å². The number of amides is 1. The van der Waals surface area contributed by atoms with Crippen molar-refractivity contribution >= 4 is 38.7 Å². The lowest BCUT2D eigenvalue weighted by atomic mass is 10.0. The van der Waals surface area contributed by atoms with Gasteiger partial charge in [-0.05, 0) is 17.7 Å². The van der Waals surface area contributed by atoms with E-state index in [0.717, 1.165) is 4.47 Å². The summed E-state index contributed by atoms with van der Waals surface area (Å²) in [6, 6.07) is 7.03. The van der Waals surface area contributed by atoms with Crippen LogP contribution in [0.4, 0.5) is 5.82 Å². The number of hydrogen-bond donors (Lipinski definition) is 5. The second-order valence-electron chi connectivity index (χ2n) is 6.65. The minimum atomic E-state index is -1.39. The average Bonchev–Trinajstić information content (AvgIpc) is 3.18. The number of carbonyl (C=O) groups excluding carboxylic acids is 1. The number of fused-ring (bicyclic) bond motifs is 1. The molecule has 1 aliphatic rings. The Morgan fingerprint density at radius 3 is 2.48 bits per heavy atom. The maximum Gasteiger partial charge on any atom is 0.251 e. The van der Waals surface area contributed by atoms with Gasteiger partial charge in [-0.25, -0.2) is 9.97 Å². The number of aliphatic hydroxyl groups is 3. The number of nitrogen functional groups attached to an aromatic ring is 1. The first-order chi connectivity index (χ1) is 13.8. The van der Waals surface area contributed by atoms with Crippen LogP contribution in [0.1, 0.15) is 16.6 Å². The van der Waals surface area contributed by atoms with Crippen LogP contribution in [-0.4, -0.2) is 60.7 Å². The summed E-state index contributed by atoms with van der Waals surface area (Å²) in [6.07, 6.45) is -3.68. The highest BCUT2D eigenvalue weighted by molar-refractivity contribution is 9.10. The summed E-state index contributed by atoms with van der Waals surface area (Å²) in [6.45, 7) is -0.499. The summed E-state index contributed by atoms with van der Waals surface area (Å²) < 4.78 is 7.97. The van der Waals surface area contributed by atoms with Crippen molar-refractivity contribution < 1.29 is 24.9 Å². The molecular weight excluding hydrogens is 446 g/mol. The third-order valence-corrected chi connectivity index (χ3v) is 5.48. The Bertz CT molecular complexity index is 1090. The maximum absolute atomic E-state index is 12.4. The first kappa shape index (κ1) is 19.7. The van der Waals surface area contributed by atoms with Crippen molar-refractivity contribution in [2.75, 3.05) is 12.3 Å². The maximum atomic E-state index is 12.4. The monoisotopic (exact) mass is 463 g/mol. The fourth-order valence-corrected chi connectivity index (χ4v) is 3.89. The highest BCUT2D eigenvalue weighted by atomic mass is 79.9. The number of hydrogen-bond acceptors (Lipinski definition) is 8. The fourth-order valence-electron chi connectivity index (χ4n) is 3.63. The van der Waals surface area contributed by atoms with E-state index in [2.05, 4.69) is 25.9 Å². The average molecular weight is 464 g/mol. The largest absolute Gasteiger partial charge is 0.394 e. The molecular formula is C18H18BrN5O5. The third kappa shape index (κ3) is 3.07. The van der Waals surface area contributed by atoms with Crippen molar-refractivity contribution in [2.45, 2.75) is 24.5 Å². The molecule has 29 heavy (non-hydrogen) atoms. The SMILES string of the molecule is NC(=O)c1c(-c2ccc(Br)cc2)n([C@H]2O[C@@H](CO)[C@@H](O)[C@@H]2O)c2ncnc(N)c12. The number of rotatable bonds is 4. The first-order valence-electron chi connectivity index (χ1n) is 8.67. The lowest BCUT2D eigenvalue weighted by molar-refractivity contribution is -0.0501. The number of carbonyl (C=O) groups is 1. The lowest BCUT2D eigenvalue weighted by Gasteiger charge is -2.21. The number of nitrogens with zero attached hydrogens (tertiary/aromatic N) is 3. The molecule has 10 nitrogen and oxygen atoms in total. The van der Waals surface area contributed by atoms with Crippen LogP contribution in [0.25, 0.3) is 22.3 Å². The molecule has 0 bridgehead atoms. The number of ether oxygens (including phenoxy) is 1. The molecule has 4 rings (SSSR count). The molecule has 1 aliphatic heterocycles. The first-order valence-corrected chi connectivity index (χ1v) is 9.47. The Morgan fingerprint density at radius 2 is 1.90 bits per heavy atom. The van der Waals surface area contributed by atoms with Crippen LogP contribution in [0, 0.1) is 0 Å². The quantitative estimate of drug-likeness (QED) is 0.363. The molecule has 7 N–H and O–H groups in total. The molecule has 0 spiro atoms. The van der Waals surface area contributed by atoms with Gasteiger partial charge in [0.1, 0.15) is 36.1 Å². The van der Waals surface area contributed by atoms with Gasteiger partial charge in [0.05, 0.1) is 23.3 Å². The second-order valence-corrected chi connectivity index (χ2v) is 7.57. The van der Waals surface area contributed by atoms with E-state index in [4.69, 9.17) is 16.2 Å². The third-order valence-electron chi connectivity index (χ3n) is 4.95. The summed E-state index contributed by atoms with van der Waals surface area (Å²) in [4.78, 5) is 20.6. The van der Waals surface area contributed by atoms with Gasteiger partial charge in [0.2, 0.25) is 0 Å². The standard InChI is InChI=1S/C18H18BrN5O5/c19-8-3-1-7(2-4-8)12-10(16(21)28)11-15(20)22-6-23-17(11)24(12)18-14(27)13(26)9(5-25)29-18/h1-4,6,9,13-14,18,25-27H,5H2,(H2,21,28)(H2,20,22,23)/t9-,13+,14-,18-/m0/s1. The van der Waals surface area contributed by atoms with Crippen molar-refractivity contribution in [1.82, 2.24) is 14.5 Å². The van der Waals surface area contributed by atoms with Crippen LogP contribution in [0.15, 0.2) is 35.1 Å². The Balaban J connectivity index is 2.08. The molecule has 1 saturated heterocycles. The van der Waals surface area contributed by atoms with Crippen molar-refractivity contribution in [2.24, 2.45) is 5.73 Å². The van der Waals surface area contributed by atoms with Gasteiger partial charge in [-0.15, -0.1) is 0 Å². The Hall–Kier alpha value is -2.57. The van der Waals surface area contributed by atoms with E-state index in [-0.39, 0.29) is 22.4 Å². The van der Waals surface area contributed by atoms with Gasteiger partial charge < -0.3 is 31.5 Å². The number of benzene rings is 1. The van der Waals surface area contributed by atoms with Crippen LogP contribution in [0.2, 0.25) is 0 Å². The summed E-state index contributed by atoms with van der Waals surface area (Å²) in [5.41, 5.74) is 12.9. The number of primary amides is 1. The highest BCUT2D eigenvalue weighted by Crippen LogP contribution is 2.41. The van der Waals surface area contributed by atoms with E-state index >= 15 is 0 Å². The minimum Gasteiger partial charge on any atom is -0.394 e. The van der Waals surface area contributed by atoms with Crippen LogP contribution in [0.5, 0.6) is 0 Å². The topological polar surface area (TPSA) is 170 Å². The number of anilines is 1. The molecule has 2 aromatic heterocycles. The van der Waals surface area contributed by atoms with Crippen molar-refractivity contribution in [3.05, 3.63) is 40.6 Å². The number of aromatic nitrogens is 3. The highest BCUT2D eigenvalue weighted by Gasteiger charge is 2.45. The zero-order valence-electron chi connectivity index (χ0n) is 14.9. The Morgan fingerprint density at radius 1 is 1.21 bits per heavy atom. The molecule has 0 unspecified atom stereocenters. The molecule has 1 amide bonds. The van der Waals surface area contributed by atoms with E-state index in [1.54, 1.807) is 24.3 Å². The minimum absolute atomic E-state index is 0.0349. The van der Waals surface area contributed by atoms with Gasteiger partial charge in [0.25, 0.3) is 5.91 Å². The Kier molecular flexibility index (Phi) is 5.00.